The third-order valence-electron chi connectivity index (χ3n) is 9.32. The number of anilines is 2. The van der Waals surface area contributed by atoms with E-state index < -0.39 is 29.7 Å². The van der Waals surface area contributed by atoms with Gasteiger partial charge in [-0.2, -0.15) is 0 Å². The van der Waals surface area contributed by atoms with Gasteiger partial charge in [-0.15, -0.1) is 10.2 Å². The van der Waals surface area contributed by atoms with Crippen molar-refractivity contribution in [2.45, 2.75) is 31.7 Å². The highest BCUT2D eigenvalue weighted by molar-refractivity contribution is 6.23. The summed E-state index contributed by atoms with van der Waals surface area (Å²) in [4.78, 5) is 69.2. The summed E-state index contributed by atoms with van der Waals surface area (Å²) in [6.45, 7) is 6.79. The Kier molecular flexibility index (Phi) is 6.22. The van der Waals surface area contributed by atoms with E-state index in [2.05, 4.69) is 30.2 Å². The molecular formula is C29H32N8O5. The van der Waals surface area contributed by atoms with Crippen molar-refractivity contribution in [1.82, 2.24) is 25.3 Å². The predicted molar refractivity (Wildman–Crippen MR) is 150 cm³/mol. The molecule has 1 aromatic carbocycles. The number of nitrogens with two attached hydrogens (primary N) is 1. The van der Waals surface area contributed by atoms with Crippen LogP contribution in [-0.2, 0) is 9.59 Å². The number of aromatic nitrogens is 2. The van der Waals surface area contributed by atoms with Crippen LogP contribution in [0.4, 0.5) is 11.5 Å². The number of benzene rings is 1. The minimum absolute atomic E-state index is 0.102. The lowest BCUT2D eigenvalue weighted by atomic mass is 9.72. The Morgan fingerprint density at radius 2 is 1.64 bits per heavy atom. The monoisotopic (exact) mass is 572 g/mol. The van der Waals surface area contributed by atoms with Crippen LogP contribution in [0.1, 0.15) is 56.9 Å². The first-order valence-electron chi connectivity index (χ1n) is 14.4. The van der Waals surface area contributed by atoms with Gasteiger partial charge < -0.3 is 20.4 Å². The molecule has 13 heteroatoms. The van der Waals surface area contributed by atoms with E-state index in [1.807, 2.05) is 6.07 Å². The molecule has 0 saturated carbocycles. The van der Waals surface area contributed by atoms with E-state index in [1.54, 1.807) is 24.3 Å². The molecule has 7 rings (SSSR count). The molecule has 5 aliphatic heterocycles. The summed E-state index contributed by atoms with van der Waals surface area (Å²) in [5.74, 6) is -1.12. The minimum Gasteiger partial charge on any atom is -0.370 e. The lowest BCUT2D eigenvalue weighted by Gasteiger charge is -2.61. The topological polar surface area (TPSA) is 162 Å². The first kappa shape index (κ1) is 26.5. The second-order valence-electron chi connectivity index (χ2n) is 12.3. The first-order chi connectivity index (χ1) is 20.2. The number of hydrogen-bond acceptors (Lipinski definition) is 10. The molecule has 218 valence electrons. The second-order valence-corrected chi connectivity index (χ2v) is 12.3. The highest BCUT2D eigenvalue weighted by Crippen LogP contribution is 2.43. The van der Waals surface area contributed by atoms with Gasteiger partial charge in [0.25, 0.3) is 17.7 Å². The summed E-state index contributed by atoms with van der Waals surface area (Å²) in [5, 5.41) is 10.3. The number of rotatable bonds is 6. The Balaban J connectivity index is 0.895. The van der Waals surface area contributed by atoms with Crippen LogP contribution in [0.25, 0.3) is 0 Å². The van der Waals surface area contributed by atoms with Gasteiger partial charge in [-0.25, -0.2) is 0 Å². The molecule has 0 bridgehead atoms. The van der Waals surface area contributed by atoms with Gasteiger partial charge in [-0.1, -0.05) is 0 Å². The van der Waals surface area contributed by atoms with Crippen molar-refractivity contribution in [3.8, 4) is 0 Å². The molecule has 5 aliphatic rings. The lowest BCUT2D eigenvalue weighted by molar-refractivity contribution is -0.136. The van der Waals surface area contributed by atoms with Crippen LogP contribution in [0.2, 0.25) is 0 Å². The third kappa shape index (κ3) is 4.48. The molecule has 5 amide bonds. The molecule has 6 heterocycles. The number of nitrogens with zero attached hydrogens (tertiary/aromatic N) is 6. The number of primary amides is 1. The fourth-order valence-electron chi connectivity index (χ4n) is 7.17. The van der Waals surface area contributed by atoms with Crippen LogP contribution in [-0.4, -0.2) is 101 Å². The number of carbonyl (C=O) groups is 5. The van der Waals surface area contributed by atoms with Gasteiger partial charge in [0.15, 0.2) is 11.5 Å². The third-order valence-corrected chi connectivity index (χ3v) is 9.32. The van der Waals surface area contributed by atoms with Gasteiger partial charge in [-0.05, 0) is 55.5 Å². The first-order valence-corrected chi connectivity index (χ1v) is 14.4. The normalized spacial score (nSPS) is 24.0. The van der Waals surface area contributed by atoms with Gasteiger partial charge in [0, 0.05) is 63.3 Å². The van der Waals surface area contributed by atoms with Gasteiger partial charge in [0.05, 0.1) is 11.1 Å². The Hall–Kier alpha value is -4.39. The molecule has 4 fully saturated rings. The molecule has 0 radical (unpaired) electrons. The zero-order valence-corrected chi connectivity index (χ0v) is 23.1. The van der Waals surface area contributed by atoms with Crippen molar-refractivity contribution < 1.29 is 24.0 Å². The van der Waals surface area contributed by atoms with E-state index >= 15 is 0 Å². The fraction of sp³-hybridized carbons (Fsp3) is 0.483. The van der Waals surface area contributed by atoms with Crippen molar-refractivity contribution in [1.29, 1.82) is 0 Å². The van der Waals surface area contributed by atoms with Gasteiger partial charge in [0.2, 0.25) is 11.8 Å². The largest absolute Gasteiger partial charge is 0.370 e. The molecule has 4 saturated heterocycles. The van der Waals surface area contributed by atoms with Crippen LogP contribution in [0.5, 0.6) is 0 Å². The number of piperidine rings is 2. The van der Waals surface area contributed by atoms with Crippen molar-refractivity contribution in [2.75, 3.05) is 55.6 Å². The number of likely N-dealkylation sites (tertiary alicyclic amines) is 1. The van der Waals surface area contributed by atoms with E-state index in [1.165, 1.54) is 0 Å². The highest BCUT2D eigenvalue weighted by atomic mass is 16.2. The van der Waals surface area contributed by atoms with Crippen molar-refractivity contribution in [3.63, 3.8) is 0 Å². The standard InChI is InChI=1S/C29H32N8O5/c30-25(39)21-3-5-23(33-32-21)35-9-7-17(8-10-35)12-34-13-29(14-34)15-36(16-29)18-1-2-19-20(11-18)28(42)37(27(19)41)22-4-6-24(38)31-26(22)40/h1-3,5,11,17,22H,4,6-10,12-16H2,(H2,30,39)(H,31,38,40). The van der Waals surface area contributed by atoms with E-state index in [9.17, 15) is 24.0 Å². The molecule has 42 heavy (non-hydrogen) atoms. The average molecular weight is 573 g/mol. The SMILES string of the molecule is NC(=O)c1ccc(N2CCC(CN3CC4(C3)CN(c3ccc5c(c3)C(=O)N(C3CCC(=O)NC3=O)C5=O)C4)CC2)nn1. The van der Waals surface area contributed by atoms with Crippen molar-refractivity contribution in [3.05, 3.63) is 47.2 Å². The van der Waals surface area contributed by atoms with Crippen LogP contribution in [0, 0.1) is 11.3 Å². The second kappa shape index (κ2) is 9.86. The minimum atomic E-state index is -0.956. The Morgan fingerprint density at radius 3 is 2.31 bits per heavy atom. The number of amides is 5. The Bertz CT molecular complexity index is 1490. The predicted octanol–water partition coefficient (Wildman–Crippen LogP) is 0.0153. The van der Waals surface area contributed by atoms with Crippen molar-refractivity contribution >= 4 is 41.0 Å². The zero-order valence-electron chi connectivity index (χ0n) is 23.1. The Morgan fingerprint density at radius 1 is 0.905 bits per heavy atom. The van der Waals surface area contributed by atoms with Gasteiger partial charge in [0.1, 0.15) is 6.04 Å². The van der Waals surface area contributed by atoms with Crippen LogP contribution >= 0.6 is 0 Å². The quantitative estimate of drug-likeness (QED) is 0.451. The number of carbonyl (C=O) groups excluding carboxylic acids is 5. The highest BCUT2D eigenvalue weighted by Gasteiger charge is 2.52. The van der Waals surface area contributed by atoms with Gasteiger partial charge >= 0.3 is 0 Å². The molecule has 1 spiro atoms. The number of hydrogen-bond donors (Lipinski definition) is 2. The zero-order chi connectivity index (χ0) is 29.2. The number of nitrogens with one attached hydrogen (secondary N) is 1. The number of imide groups is 2. The molecule has 1 unspecified atom stereocenters. The summed E-state index contributed by atoms with van der Waals surface area (Å²) in [6.07, 6.45) is 2.40. The van der Waals surface area contributed by atoms with E-state index in [4.69, 9.17) is 5.73 Å². The van der Waals surface area contributed by atoms with Crippen LogP contribution < -0.4 is 20.9 Å². The number of fused-ring (bicyclic) bond motifs is 1. The maximum absolute atomic E-state index is 13.2. The molecule has 13 nitrogen and oxygen atoms in total. The van der Waals surface area contributed by atoms with Crippen molar-refractivity contribution in [2.24, 2.45) is 17.1 Å². The fourth-order valence-corrected chi connectivity index (χ4v) is 7.17. The van der Waals surface area contributed by atoms with Crippen LogP contribution in [0.15, 0.2) is 30.3 Å². The molecule has 1 atom stereocenters. The summed E-state index contributed by atoms with van der Waals surface area (Å²) in [5.41, 5.74) is 7.22. The van der Waals surface area contributed by atoms with E-state index in [-0.39, 0.29) is 29.9 Å². The maximum Gasteiger partial charge on any atom is 0.269 e. The molecule has 3 N–H and O–H groups in total. The molecule has 1 aromatic heterocycles. The Labute approximate surface area is 242 Å². The average Bonchev–Trinajstić information content (AvgIpc) is 3.18. The van der Waals surface area contributed by atoms with Gasteiger partial charge in [-0.3, -0.25) is 34.2 Å². The van der Waals surface area contributed by atoms with E-state index in [0.29, 0.717) is 17.0 Å². The molecule has 2 aromatic rings. The lowest BCUT2D eigenvalue weighted by Crippen LogP contribution is -2.72. The molecule has 0 aliphatic carbocycles. The summed E-state index contributed by atoms with van der Waals surface area (Å²) in [6, 6.07) is 7.79. The molecular weight excluding hydrogens is 540 g/mol. The smallest absolute Gasteiger partial charge is 0.269 e. The summed E-state index contributed by atoms with van der Waals surface area (Å²) < 4.78 is 0. The maximum atomic E-state index is 13.2. The van der Waals surface area contributed by atoms with E-state index in [0.717, 1.165) is 75.1 Å². The summed E-state index contributed by atoms with van der Waals surface area (Å²) in [7, 11) is 0. The van der Waals surface area contributed by atoms with Crippen LogP contribution in [0.3, 0.4) is 0 Å². The summed E-state index contributed by atoms with van der Waals surface area (Å²) >= 11 is 0.